The van der Waals surface area contributed by atoms with E-state index < -0.39 is 12.4 Å². The minimum Gasteiger partial charge on any atom is -0.387 e. The van der Waals surface area contributed by atoms with E-state index in [0.29, 0.717) is 30.9 Å². The standard InChI is InChI=1S/C18H21ClFN3O2/c1-10-2-4-22(7-10)14-6-12(19)17(20)18-16(14)11-8-23(15(25)9-24)5-3-13(11)21-18/h6,10,21,24H,2-5,7-9H2,1H3/t10-/m1/s1. The second-order valence-corrected chi connectivity index (χ2v) is 7.49. The monoisotopic (exact) mass is 365 g/mol. The number of H-pyrrole nitrogens is 1. The number of nitrogens with zero attached hydrogens (tertiary/aromatic N) is 2. The van der Waals surface area contributed by atoms with Gasteiger partial charge in [-0.1, -0.05) is 18.5 Å². The highest BCUT2D eigenvalue weighted by molar-refractivity contribution is 6.32. The number of halogens is 2. The Balaban J connectivity index is 1.87. The van der Waals surface area contributed by atoms with Crippen LogP contribution in [-0.2, 0) is 17.8 Å². The maximum atomic E-state index is 14.6. The van der Waals surface area contributed by atoms with Gasteiger partial charge in [0.05, 0.1) is 10.5 Å². The van der Waals surface area contributed by atoms with Gasteiger partial charge in [0, 0.05) is 54.9 Å². The molecule has 25 heavy (non-hydrogen) atoms. The Bertz CT molecular complexity index is 851. The van der Waals surface area contributed by atoms with Gasteiger partial charge in [0.1, 0.15) is 6.61 Å². The maximum Gasteiger partial charge on any atom is 0.248 e. The molecule has 1 fully saturated rings. The van der Waals surface area contributed by atoms with Gasteiger partial charge in [-0.3, -0.25) is 4.79 Å². The van der Waals surface area contributed by atoms with Crippen LogP contribution in [0.15, 0.2) is 6.07 Å². The minimum absolute atomic E-state index is 0.115. The van der Waals surface area contributed by atoms with Crippen LogP contribution in [0.5, 0.6) is 0 Å². The molecule has 2 N–H and O–H groups in total. The summed E-state index contributed by atoms with van der Waals surface area (Å²) in [7, 11) is 0. The number of carbonyl (C=O) groups is 1. The Morgan fingerprint density at radius 2 is 2.28 bits per heavy atom. The number of anilines is 1. The number of carbonyl (C=O) groups excluding carboxylic acids is 1. The summed E-state index contributed by atoms with van der Waals surface area (Å²) in [4.78, 5) is 19.0. The summed E-state index contributed by atoms with van der Waals surface area (Å²) in [5, 5.41) is 10.1. The molecule has 1 aromatic carbocycles. The molecular formula is C18H21ClFN3O2. The second kappa shape index (κ2) is 6.18. The van der Waals surface area contributed by atoms with E-state index in [9.17, 15) is 9.18 Å². The van der Waals surface area contributed by atoms with Crippen molar-refractivity contribution < 1.29 is 14.3 Å². The molecule has 1 saturated heterocycles. The summed E-state index contributed by atoms with van der Waals surface area (Å²) in [5.41, 5.74) is 3.24. The third-order valence-electron chi connectivity index (χ3n) is 5.37. The fraction of sp³-hybridized carbons (Fsp3) is 0.500. The molecule has 7 heteroatoms. The van der Waals surface area contributed by atoms with Gasteiger partial charge in [-0.05, 0) is 18.4 Å². The van der Waals surface area contributed by atoms with Crippen molar-refractivity contribution in [3.8, 4) is 0 Å². The van der Waals surface area contributed by atoms with Crippen LogP contribution in [0.2, 0.25) is 5.02 Å². The van der Waals surface area contributed by atoms with E-state index in [2.05, 4.69) is 16.8 Å². The van der Waals surface area contributed by atoms with Crippen LogP contribution in [-0.4, -0.2) is 47.1 Å². The summed E-state index contributed by atoms with van der Waals surface area (Å²) in [6.45, 7) is 4.43. The number of hydrogen-bond acceptors (Lipinski definition) is 3. The van der Waals surface area contributed by atoms with Crippen molar-refractivity contribution in [3.05, 3.63) is 28.2 Å². The molecule has 1 amide bonds. The molecule has 0 radical (unpaired) electrons. The van der Waals surface area contributed by atoms with Crippen LogP contribution in [0.3, 0.4) is 0 Å². The largest absolute Gasteiger partial charge is 0.387 e. The Morgan fingerprint density at radius 3 is 2.96 bits per heavy atom. The number of amides is 1. The van der Waals surface area contributed by atoms with Gasteiger partial charge in [0.2, 0.25) is 5.91 Å². The highest BCUT2D eigenvalue weighted by atomic mass is 35.5. The van der Waals surface area contributed by atoms with Crippen LogP contribution < -0.4 is 4.90 Å². The topological polar surface area (TPSA) is 59.6 Å². The molecule has 0 spiro atoms. The summed E-state index contributed by atoms with van der Waals surface area (Å²) in [5.74, 6) is -0.158. The molecule has 134 valence electrons. The second-order valence-electron chi connectivity index (χ2n) is 7.09. The first kappa shape index (κ1) is 16.7. The van der Waals surface area contributed by atoms with Crippen LogP contribution in [0, 0.1) is 11.7 Å². The third-order valence-corrected chi connectivity index (χ3v) is 5.65. The molecule has 0 saturated carbocycles. The van der Waals surface area contributed by atoms with Crippen molar-refractivity contribution in [2.24, 2.45) is 5.92 Å². The zero-order valence-electron chi connectivity index (χ0n) is 14.1. The van der Waals surface area contributed by atoms with Gasteiger partial charge in [-0.25, -0.2) is 4.39 Å². The summed E-state index contributed by atoms with van der Waals surface area (Å²) >= 11 is 6.15. The first-order chi connectivity index (χ1) is 12.0. The molecule has 5 nitrogen and oxygen atoms in total. The Hall–Kier alpha value is -1.79. The first-order valence-electron chi connectivity index (χ1n) is 8.64. The molecule has 0 aliphatic carbocycles. The highest BCUT2D eigenvalue weighted by Gasteiger charge is 2.29. The van der Waals surface area contributed by atoms with E-state index in [4.69, 9.17) is 16.7 Å². The lowest BCUT2D eigenvalue weighted by atomic mass is 10.0. The molecular weight excluding hydrogens is 345 g/mol. The first-order valence-corrected chi connectivity index (χ1v) is 9.02. The van der Waals surface area contributed by atoms with Crippen LogP contribution in [0.25, 0.3) is 10.9 Å². The molecule has 2 aromatic rings. The van der Waals surface area contributed by atoms with Crippen molar-refractivity contribution >= 4 is 34.1 Å². The van der Waals surface area contributed by atoms with Gasteiger partial charge in [0.25, 0.3) is 0 Å². The number of aliphatic hydroxyl groups is 1. The summed E-state index contributed by atoms with van der Waals surface area (Å²) < 4.78 is 14.6. The number of nitrogens with one attached hydrogen (secondary N) is 1. The summed E-state index contributed by atoms with van der Waals surface area (Å²) in [6.07, 6.45) is 1.71. The molecule has 4 rings (SSSR count). The van der Waals surface area contributed by atoms with E-state index in [1.807, 2.05) is 0 Å². The predicted molar refractivity (Wildman–Crippen MR) is 95.5 cm³/mol. The predicted octanol–water partition coefficient (Wildman–Crippen LogP) is 2.68. The van der Waals surface area contributed by atoms with E-state index >= 15 is 0 Å². The fourth-order valence-corrected chi connectivity index (χ4v) is 4.23. The number of aliphatic hydroxyl groups excluding tert-OH is 1. The van der Waals surface area contributed by atoms with Crippen molar-refractivity contribution in [2.75, 3.05) is 31.1 Å². The molecule has 1 atom stereocenters. The molecule has 0 bridgehead atoms. The zero-order chi connectivity index (χ0) is 17.7. The van der Waals surface area contributed by atoms with Crippen molar-refractivity contribution in [2.45, 2.75) is 26.3 Å². The maximum absolute atomic E-state index is 14.6. The van der Waals surface area contributed by atoms with Gasteiger partial charge in [0.15, 0.2) is 5.82 Å². The van der Waals surface area contributed by atoms with Crippen molar-refractivity contribution in [1.29, 1.82) is 0 Å². The Kier molecular flexibility index (Phi) is 4.12. The molecule has 3 heterocycles. The van der Waals surface area contributed by atoms with Crippen LogP contribution in [0.1, 0.15) is 24.6 Å². The SMILES string of the molecule is C[C@@H]1CCN(c2cc(Cl)c(F)c3[nH]c4c(c23)CN(C(=O)CO)CC4)C1. The normalized spacial score (nSPS) is 20.4. The Labute approximate surface area is 150 Å². The highest BCUT2D eigenvalue weighted by Crippen LogP contribution is 2.40. The Morgan fingerprint density at radius 1 is 1.48 bits per heavy atom. The molecule has 2 aliphatic rings. The van der Waals surface area contributed by atoms with Gasteiger partial charge in [-0.15, -0.1) is 0 Å². The van der Waals surface area contributed by atoms with E-state index in [1.54, 1.807) is 11.0 Å². The smallest absolute Gasteiger partial charge is 0.248 e. The van der Waals surface area contributed by atoms with Crippen molar-refractivity contribution in [3.63, 3.8) is 0 Å². The summed E-state index contributed by atoms with van der Waals surface area (Å²) in [6, 6.07) is 1.71. The zero-order valence-corrected chi connectivity index (χ0v) is 14.9. The van der Waals surface area contributed by atoms with Crippen LogP contribution in [0.4, 0.5) is 10.1 Å². The van der Waals surface area contributed by atoms with Gasteiger partial charge >= 0.3 is 0 Å². The number of aromatic nitrogens is 1. The number of hydrogen-bond donors (Lipinski definition) is 2. The number of rotatable bonds is 2. The van der Waals surface area contributed by atoms with Crippen molar-refractivity contribution in [1.82, 2.24) is 9.88 Å². The minimum atomic E-state index is -0.506. The van der Waals surface area contributed by atoms with Gasteiger partial charge in [-0.2, -0.15) is 0 Å². The average molecular weight is 366 g/mol. The lowest BCUT2D eigenvalue weighted by Crippen LogP contribution is -2.37. The number of aromatic amines is 1. The number of fused-ring (bicyclic) bond motifs is 3. The number of benzene rings is 1. The lowest BCUT2D eigenvalue weighted by molar-refractivity contribution is -0.135. The lowest BCUT2D eigenvalue weighted by Gasteiger charge is -2.27. The molecule has 2 aliphatic heterocycles. The van der Waals surface area contributed by atoms with E-state index in [1.165, 1.54) is 0 Å². The molecule has 0 unspecified atom stereocenters. The quantitative estimate of drug-likeness (QED) is 0.860. The third kappa shape index (κ3) is 2.68. The molecule has 1 aromatic heterocycles. The van der Waals surface area contributed by atoms with Gasteiger partial charge < -0.3 is 19.9 Å². The van der Waals surface area contributed by atoms with E-state index in [0.717, 1.165) is 41.8 Å². The van der Waals surface area contributed by atoms with Crippen LogP contribution >= 0.6 is 11.6 Å². The fourth-order valence-electron chi connectivity index (χ4n) is 4.03. The average Bonchev–Trinajstić information content (AvgIpc) is 3.20. The van der Waals surface area contributed by atoms with E-state index in [-0.39, 0.29) is 10.9 Å².